The van der Waals surface area contributed by atoms with E-state index in [1.807, 2.05) is 13.0 Å². The van der Waals surface area contributed by atoms with E-state index in [2.05, 4.69) is 15.6 Å². The molecule has 0 aliphatic heterocycles. The van der Waals surface area contributed by atoms with Crippen molar-refractivity contribution in [2.45, 2.75) is 45.1 Å². The molecule has 2 N–H and O–H groups in total. The van der Waals surface area contributed by atoms with E-state index in [1.165, 1.54) is 18.9 Å². The number of guanidine groups is 1. The zero-order valence-corrected chi connectivity index (χ0v) is 18.2. The second-order valence-electron chi connectivity index (χ2n) is 6.83. The number of hydrogen-bond donors (Lipinski definition) is 2. The molecule has 1 aromatic carbocycles. The van der Waals surface area contributed by atoms with Crippen molar-refractivity contribution in [1.82, 2.24) is 15.5 Å². The SMILES string of the molecule is Cc1cc(F)ccc1CCNC(=NCC(=O)N(C)C)NC1CCCC1.I. The zero-order chi connectivity index (χ0) is 18.2. The summed E-state index contributed by atoms with van der Waals surface area (Å²) in [6, 6.07) is 5.29. The normalized spacial score (nSPS) is 14.7. The van der Waals surface area contributed by atoms with Crippen molar-refractivity contribution in [3.63, 3.8) is 0 Å². The molecule has 7 heteroatoms. The monoisotopic (exact) mass is 476 g/mol. The molecule has 26 heavy (non-hydrogen) atoms. The molecule has 1 amide bonds. The Morgan fingerprint density at radius 3 is 2.62 bits per heavy atom. The summed E-state index contributed by atoms with van der Waals surface area (Å²) in [6.07, 6.45) is 5.52. The van der Waals surface area contributed by atoms with Gasteiger partial charge in [0.25, 0.3) is 0 Å². The molecule has 0 radical (unpaired) electrons. The van der Waals surface area contributed by atoms with Gasteiger partial charge in [0.1, 0.15) is 12.4 Å². The van der Waals surface area contributed by atoms with Crippen molar-refractivity contribution >= 4 is 35.8 Å². The summed E-state index contributed by atoms with van der Waals surface area (Å²) < 4.78 is 13.2. The molecule has 0 aromatic heterocycles. The number of carbonyl (C=O) groups is 1. The Bertz CT molecular complexity index is 616. The molecular formula is C19H30FIN4O. The topological polar surface area (TPSA) is 56.7 Å². The van der Waals surface area contributed by atoms with E-state index in [9.17, 15) is 9.18 Å². The van der Waals surface area contributed by atoms with Crippen molar-refractivity contribution in [3.8, 4) is 0 Å². The van der Waals surface area contributed by atoms with Crippen LogP contribution >= 0.6 is 24.0 Å². The Labute approximate surface area is 172 Å². The molecule has 0 heterocycles. The maximum atomic E-state index is 13.2. The van der Waals surface area contributed by atoms with Gasteiger partial charge in [0, 0.05) is 26.7 Å². The highest BCUT2D eigenvalue weighted by Crippen LogP contribution is 2.17. The number of carbonyl (C=O) groups excluding carboxylic acids is 1. The summed E-state index contributed by atoms with van der Waals surface area (Å²) in [4.78, 5) is 17.7. The van der Waals surface area contributed by atoms with Crippen LogP contribution < -0.4 is 10.6 Å². The minimum Gasteiger partial charge on any atom is -0.356 e. The number of amides is 1. The third-order valence-electron chi connectivity index (χ3n) is 4.56. The van der Waals surface area contributed by atoms with Gasteiger partial charge in [0.05, 0.1) is 0 Å². The molecule has 0 saturated heterocycles. The minimum absolute atomic E-state index is 0. The van der Waals surface area contributed by atoms with Gasteiger partial charge in [-0.25, -0.2) is 9.38 Å². The number of aliphatic imine (C=N–C) groups is 1. The zero-order valence-electron chi connectivity index (χ0n) is 15.8. The van der Waals surface area contributed by atoms with Crippen LogP contribution in [0.2, 0.25) is 0 Å². The lowest BCUT2D eigenvalue weighted by atomic mass is 10.1. The van der Waals surface area contributed by atoms with Gasteiger partial charge in [0.15, 0.2) is 5.96 Å². The molecular weight excluding hydrogens is 446 g/mol. The van der Waals surface area contributed by atoms with Crippen LogP contribution in [0.4, 0.5) is 4.39 Å². The van der Waals surface area contributed by atoms with Crippen LogP contribution in [0.3, 0.4) is 0 Å². The van der Waals surface area contributed by atoms with E-state index in [1.54, 1.807) is 25.1 Å². The average Bonchev–Trinajstić information content (AvgIpc) is 3.07. The van der Waals surface area contributed by atoms with Crippen LogP contribution in [0.15, 0.2) is 23.2 Å². The predicted molar refractivity (Wildman–Crippen MR) is 115 cm³/mol. The molecule has 1 aliphatic carbocycles. The summed E-state index contributed by atoms with van der Waals surface area (Å²) in [6.45, 7) is 2.73. The first-order chi connectivity index (χ1) is 12.0. The summed E-state index contributed by atoms with van der Waals surface area (Å²) in [7, 11) is 3.46. The number of benzene rings is 1. The van der Waals surface area contributed by atoms with Crippen molar-refractivity contribution in [3.05, 3.63) is 35.1 Å². The second-order valence-corrected chi connectivity index (χ2v) is 6.83. The van der Waals surface area contributed by atoms with Gasteiger partial charge in [0.2, 0.25) is 5.91 Å². The Morgan fingerprint density at radius 1 is 1.31 bits per heavy atom. The molecule has 5 nitrogen and oxygen atoms in total. The van der Waals surface area contributed by atoms with Crippen LogP contribution in [0.5, 0.6) is 0 Å². The minimum atomic E-state index is -0.207. The third-order valence-corrected chi connectivity index (χ3v) is 4.56. The lowest BCUT2D eigenvalue weighted by molar-refractivity contribution is -0.127. The number of aryl methyl sites for hydroxylation is 1. The smallest absolute Gasteiger partial charge is 0.243 e. The molecule has 0 atom stereocenters. The van der Waals surface area contributed by atoms with Crippen molar-refractivity contribution in [2.24, 2.45) is 4.99 Å². The molecule has 1 fully saturated rings. The largest absolute Gasteiger partial charge is 0.356 e. The van der Waals surface area contributed by atoms with Crippen LogP contribution in [-0.4, -0.2) is 50.0 Å². The fourth-order valence-corrected chi connectivity index (χ4v) is 2.96. The first-order valence-corrected chi connectivity index (χ1v) is 8.95. The number of rotatable bonds is 6. The quantitative estimate of drug-likeness (QED) is 0.377. The maximum Gasteiger partial charge on any atom is 0.243 e. The predicted octanol–water partition coefficient (Wildman–Crippen LogP) is 2.86. The van der Waals surface area contributed by atoms with E-state index in [0.717, 1.165) is 30.4 Å². The van der Waals surface area contributed by atoms with Crippen molar-refractivity contribution in [2.75, 3.05) is 27.2 Å². The van der Waals surface area contributed by atoms with Gasteiger partial charge in [-0.2, -0.15) is 0 Å². The standard InChI is InChI=1S/C19H29FN4O.HI/c1-14-12-16(20)9-8-15(14)10-11-21-19(22-13-18(25)24(2)3)23-17-6-4-5-7-17;/h8-9,12,17H,4-7,10-11,13H2,1-3H3,(H2,21,22,23);1H. The average molecular weight is 476 g/mol. The number of nitrogens with one attached hydrogen (secondary N) is 2. The maximum absolute atomic E-state index is 13.2. The van der Waals surface area contributed by atoms with E-state index < -0.39 is 0 Å². The second kappa shape index (κ2) is 11.4. The number of nitrogens with zero attached hydrogens (tertiary/aromatic N) is 2. The molecule has 1 saturated carbocycles. The summed E-state index contributed by atoms with van der Waals surface area (Å²) in [5.74, 6) is 0.449. The van der Waals surface area contributed by atoms with Gasteiger partial charge < -0.3 is 15.5 Å². The van der Waals surface area contributed by atoms with Gasteiger partial charge in [-0.15, -0.1) is 24.0 Å². The third kappa shape index (κ3) is 7.47. The first-order valence-electron chi connectivity index (χ1n) is 8.95. The molecule has 1 aliphatic rings. The Morgan fingerprint density at radius 2 is 2.00 bits per heavy atom. The summed E-state index contributed by atoms with van der Waals surface area (Å²) >= 11 is 0. The van der Waals surface area contributed by atoms with Gasteiger partial charge >= 0.3 is 0 Å². The van der Waals surface area contributed by atoms with E-state index in [-0.39, 0.29) is 42.2 Å². The lowest BCUT2D eigenvalue weighted by Crippen LogP contribution is -2.43. The Kier molecular flexibility index (Phi) is 9.90. The Hall–Kier alpha value is -1.38. The highest BCUT2D eigenvalue weighted by Gasteiger charge is 2.16. The molecule has 2 rings (SSSR count). The molecule has 1 aromatic rings. The summed E-state index contributed by atoms with van der Waals surface area (Å²) in [5, 5.41) is 6.73. The number of hydrogen-bond acceptors (Lipinski definition) is 2. The van der Waals surface area contributed by atoms with Crippen molar-refractivity contribution in [1.29, 1.82) is 0 Å². The van der Waals surface area contributed by atoms with Crippen LogP contribution in [-0.2, 0) is 11.2 Å². The highest BCUT2D eigenvalue weighted by molar-refractivity contribution is 14.0. The fraction of sp³-hybridized carbons (Fsp3) is 0.579. The molecule has 146 valence electrons. The Balaban J connectivity index is 0.00000338. The van der Waals surface area contributed by atoms with E-state index >= 15 is 0 Å². The molecule has 0 unspecified atom stereocenters. The van der Waals surface area contributed by atoms with Crippen LogP contribution in [0, 0.1) is 12.7 Å². The van der Waals surface area contributed by atoms with Gasteiger partial charge in [-0.05, 0) is 49.4 Å². The number of likely N-dealkylation sites (N-methyl/N-ethyl adjacent to an activating group) is 1. The van der Waals surface area contributed by atoms with Crippen LogP contribution in [0.25, 0.3) is 0 Å². The van der Waals surface area contributed by atoms with Crippen molar-refractivity contribution < 1.29 is 9.18 Å². The van der Waals surface area contributed by atoms with Crippen LogP contribution in [0.1, 0.15) is 36.8 Å². The van der Waals surface area contributed by atoms with E-state index in [0.29, 0.717) is 18.5 Å². The number of halogens is 2. The van der Waals surface area contributed by atoms with Gasteiger partial charge in [-0.3, -0.25) is 4.79 Å². The van der Waals surface area contributed by atoms with E-state index in [4.69, 9.17) is 0 Å². The fourth-order valence-electron chi connectivity index (χ4n) is 2.96. The first kappa shape index (κ1) is 22.7. The molecule has 0 spiro atoms. The highest BCUT2D eigenvalue weighted by atomic mass is 127. The summed E-state index contributed by atoms with van der Waals surface area (Å²) in [5.41, 5.74) is 2.06. The molecule has 0 bridgehead atoms. The van der Waals surface area contributed by atoms with Gasteiger partial charge in [-0.1, -0.05) is 18.9 Å². The lowest BCUT2D eigenvalue weighted by Gasteiger charge is -2.18.